The van der Waals surface area contributed by atoms with Crippen LogP contribution in [0.2, 0.25) is 0 Å². The van der Waals surface area contributed by atoms with Gasteiger partial charge in [-0.25, -0.2) is 4.79 Å². The highest BCUT2D eigenvalue weighted by atomic mass is 32.2. The third kappa shape index (κ3) is 3.76. The number of aliphatic hydroxyl groups is 1. The van der Waals surface area contributed by atoms with Crippen molar-refractivity contribution in [1.29, 1.82) is 0 Å². The van der Waals surface area contributed by atoms with Crippen LogP contribution in [0.15, 0.2) is 29.2 Å². The Kier molecular flexibility index (Phi) is 4.99. The van der Waals surface area contributed by atoms with E-state index in [0.29, 0.717) is 5.56 Å². The Morgan fingerprint density at radius 1 is 1.35 bits per heavy atom. The van der Waals surface area contributed by atoms with E-state index in [4.69, 9.17) is 10.2 Å². The van der Waals surface area contributed by atoms with Crippen LogP contribution in [0.3, 0.4) is 0 Å². The molecule has 0 unspecified atom stereocenters. The first-order chi connectivity index (χ1) is 8.08. The van der Waals surface area contributed by atoms with Crippen molar-refractivity contribution in [2.45, 2.75) is 10.9 Å². The maximum atomic E-state index is 11.6. The van der Waals surface area contributed by atoms with Crippen molar-refractivity contribution in [3.05, 3.63) is 29.8 Å². The van der Waals surface area contributed by atoms with Crippen molar-refractivity contribution in [2.24, 2.45) is 0 Å². The fourth-order valence-corrected chi connectivity index (χ4v) is 1.58. The highest BCUT2D eigenvalue weighted by molar-refractivity contribution is 7.98. The van der Waals surface area contributed by atoms with Gasteiger partial charge in [-0.3, -0.25) is 4.79 Å². The number of carboxylic acids is 1. The molecule has 0 spiro atoms. The molecule has 0 aliphatic carbocycles. The van der Waals surface area contributed by atoms with Crippen molar-refractivity contribution >= 4 is 23.6 Å². The van der Waals surface area contributed by atoms with Crippen LogP contribution in [0.1, 0.15) is 10.4 Å². The van der Waals surface area contributed by atoms with Gasteiger partial charge in [0.25, 0.3) is 5.91 Å². The molecule has 0 heterocycles. The Balaban J connectivity index is 2.72. The van der Waals surface area contributed by atoms with Gasteiger partial charge >= 0.3 is 5.97 Å². The molecule has 0 aliphatic heterocycles. The van der Waals surface area contributed by atoms with E-state index in [-0.39, 0.29) is 0 Å². The maximum absolute atomic E-state index is 11.6. The Hall–Kier alpha value is -1.53. The summed E-state index contributed by atoms with van der Waals surface area (Å²) in [5, 5.41) is 19.7. The number of carbonyl (C=O) groups excluding carboxylic acids is 1. The van der Waals surface area contributed by atoms with Crippen molar-refractivity contribution in [3.63, 3.8) is 0 Å². The standard InChI is InChI=1S/C11H13NO4S/c1-17-8-4-2-7(3-5-8)10(14)12-9(6-13)11(15)16/h2-5,9,13H,6H2,1H3,(H,12,14)(H,15,16)/t9-/m0/s1. The molecule has 0 fully saturated rings. The topological polar surface area (TPSA) is 86.6 Å². The fraction of sp³-hybridized carbons (Fsp3) is 0.273. The molecule has 3 N–H and O–H groups in total. The van der Waals surface area contributed by atoms with Gasteiger partial charge in [0, 0.05) is 10.5 Å². The molecule has 1 aromatic rings. The molecule has 0 radical (unpaired) electrons. The second-order valence-corrected chi connectivity index (χ2v) is 4.16. The summed E-state index contributed by atoms with van der Waals surface area (Å²) in [6, 6.07) is 5.49. The quantitative estimate of drug-likeness (QED) is 0.670. The minimum atomic E-state index is -1.28. The number of benzene rings is 1. The fourth-order valence-electron chi connectivity index (χ4n) is 1.17. The predicted molar refractivity (Wildman–Crippen MR) is 64.2 cm³/mol. The smallest absolute Gasteiger partial charge is 0.328 e. The number of carboxylic acid groups (broad SMARTS) is 1. The van der Waals surface area contributed by atoms with E-state index < -0.39 is 24.5 Å². The number of aliphatic carboxylic acids is 1. The van der Waals surface area contributed by atoms with Crippen LogP contribution < -0.4 is 5.32 Å². The summed E-state index contributed by atoms with van der Waals surface area (Å²) in [6.45, 7) is -0.635. The van der Waals surface area contributed by atoms with E-state index in [0.717, 1.165) is 4.90 Å². The lowest BCUT2D eigenvalue weighted by Gasteiger charge is -2.11. The largest absolute Gasteiger partial charge is 0.480 e. The van der Waals surface area contributed by atoms with Crippen LogP contribution in [0.5, 0.6) is 0 Å². The summed E-state index contributed by atoms with van der Waals surface area (Å²) in [7, 11) is 0. The van der Waals surface area contributed by atoms with Crippen LogP contribution in [0.25, 0.3) is 0 Å². The molecular formula is C11H13NO4S. The molecule has 0 aromatic heterocycles. The molecule has 17 heavy (non-hydrogen) atoms. The molecule has 92 valence electrons. The van der Waals surface area contributed by atoms with Gasteiger partial charge in [0.2, 0.25) is 0 Å². The van der Waals surface area contributed by atoms with Crippen LogP contribution in [0.4, 0.5) is 0 Å². The van der Waals surface area contributed by atoms with E-state index in [1.54, 1.807) is 36.0 Å². The minimum absolute atomic E-state index is 0.363. The normalized spacial score (nSPS) is 11.9. The number of nitrogens with one attached hydrogen (secondary N) is 1. The number of rotatable bonds is 5. The average molecular weight is 255 g/mol. The third-order valence-electron chi connectivity index (χ3n) is 2.14. The van der Waals surface area contributed by atoms with Crippen LogP contribution in [0, 0.1) is 0 Å². The van der Waals surface area contributed by atoms with Gasteiger partial charge in [0.05, 0.1) is 6.61 Å². The molecule has 0 saturated carbocycles. The van der Waals surface area contributed by atoms with Gasteiger partial charge in [-0.1, -0.05) is 0 Å². The van der Waals surface area contributed by atoms with Gasteiger partial charge in [-0.2, -0.15) is 0 Å². The van der Waals surface area contributed by atoms with Gasteiger partial charge in [-0.15, -0.1) is 11.8 Å². The zero-order chi connectivity index (χ0) is 12.8. The summed E-state index contributed by atoms with van der Waals surface area (Å²) < 4.78 is 0. The third-order valence-corrected chi connectivity index (χ3v) is 2.88. The summed E-state index contributed by atoms with van der Waals surface area (Å²) in [4.78, 5) is 23.3. The van der Waals surface area contributed by atoms with Crippen molar-refractivity contribution in [3.8, 4) is 0 Å². The zero-order valence-electron chi connectivity index (χ0n) is 9.21. The van der Waals surface area contributed by atoms with Crippen LogP contribution in [-0.2, 0) is 4.79 Å². The lowest BCUT2D eigenvalue weighted by atomic mass is 10.2. The second-order valence-electron chi connectivity index (χ2n) is 3.28. The Morgan fingerprint density at radius 2 is 1.94 bits per heavy atom. The lowest BCUT2D eigenvalue weighted by molar-refractivity contribution is -0.140. The lowest BCUT2D eigenvalue weighted by Crippen LogP contribution is -2.43. The molecule has 0 bridgehead atoms. The molecule has 1 amide bonds. The van der Waals surface area contributed by atoms with Crippen molar-refractivity contribution in [1.82, 2.24) is 5.32 Å². The first kappa shape index (κ1) is 13.5. The number of aliphatic hydroxyl groups excluding tert-OH is 1. The molecule has 1 aromatic carbocycles. The predicted octanol–water partition coefficient (Wildman–Crippen LogP) is 0.584. The highest BCUT2D eigenvalue weighted by Gasteiger charge is 2.19. The number of hydrogen-bond donors (Lipinski definition) is 3. The molecular weight excluding hydrogens is 242 g/mol. The molecule has 6 heteroatoms. The summed E-state index contributed by atoms with van der Waals surface area (Å²) in [5.41, 5.74) is 0.363. The van der Waals surface area contributed by atoms with Gasteiger partial charge < -0.3 is 15.5 Å². The maximum Gasteiger partial charge on any atom is 0.328 e. The molecule has 5 nitrogen and oxygen atoms in total. The Labute approximate surface area is 103 Å². The molecule has 1 rings (SSSR count). The van der Waals surface area contributed by atoms with Gasteiger partial charge in [0.1, 0.15) is 0 Å². The van der Waals surface area contributed by atoms with Crippen molar-refractivity contribution in [2.75, 3.05) is 12.9 Å². The number of thioether (sulfide) groups is 1. The first-order valence-corrected chi connectivity index (χ1v) is 6.09. The summed E-state index contributed by atoms with van der Waals surface area (Å²) >= 11 is 1.55. The van der Waals surface area contributed by atoms with Crippen LogP contribution >= 0.6 is 11.8 Å². The molecule has 1 atom stereocenters. The Bertz CT molecular complexity index is 404. The minimum Gasteiger partial charge on any atom is -0.480 e. The first-order valence-electron chi connectivity index (χ1n) is 4.87. The molecule has 0 aliphatic rings. The van der Waals surface area contributed by atoms with E-state index in [2.05, 4.69) is 5.32 Å². The highest BCUT2D eigenvalue weighted by Crippen LogP contribution is 2.14. The summed E-state index contributed by atoms with van der Waals surface area (Å²) in [5.74, 6) is -1.78. The monoisotopic (exact) mass is 255 g/mol. The van der Waals surface area contributed by atoms with Gasteiger partial charge in [-0.05, 0) is 30.5 Å². The number of hydrogen-bond acceptors (Lipinski definition) is 4. The van der Waals surface area contributed by atoms with Gasteiger partial charge in [0.15, 0.2) is 6.04 Å². The SMILES string of the molecule is CSc1ccc(C(=O)N[C@@H](CO)C(=O)O)cc1. The van der Waals surface area contributed by atoms with E-state index in [1.807, 2.05) is 6.26 Å². The zero-order valence-corrected chi connectivity index (χ0v) is 10.0. The number of carbonyl (C=O) groups is 2. The number of amides is 1. The summed E-state index contributed by atoms with van der Waals surface area (Å²) in [6.07, 6.45) is 1.92. The Morgan fingerprint density at radius 3 is 2.35 bits per heavy atom. The van der Waals surface area contributed by atoms with Crippen LogP contribution in [-0.4, -0.2) is 41.0 Å². The van der Waals surface area contributed by atoms with E-state index in [1.165, 1.54) is 0 Å². The average Bonchev–Trinajstić information content (AvgIpc) is 2.35. The van der Waals surface area contributed by atoms with Crippen molar-refractivity contribution < 1.29 is 19.8 Å². The molecule has 0 saturated heterocycles. The second kappa shape index (κ2) is 6.27. The van der Waals surface area contributed by atoms with E-state index in [9.17, 15) is 9.59 Å². The van der Waals surface area contributed by atoms with E-state index >= 15 is 0 Å².